The Morgan fingerprint density at radius 2 is 2.08 bits per heavy atom. The average Bonchev–Trinajstić information content (AvgIpc) is 2.57. The topological polar surface area (TPSA) is 70.7 Å². The van der Waals surface area contributed by atoms with E-state index in [0.717, 1.165) is 38.9 Å². The third-order valence-corrected chi connectivity index (χ3v) is 4.57. The molecule has 1 atom stereocenters. The maximum Gasteiger partial charge on any atom is 0.266 e. The number of rotatable bonds is 5. The molecular formula is C18H25N3O3. The van der Waals surface area contributed by atoms with Gasteiger partial charge < -0.3 is 20.3 Å². The van der Waals surface area contributed by atoms with Crippen LogP contribution in [0.15, 0.2) is 24.3 Å². The van der Waals surface area contributed by atoms with Crippen molar-refractivity contribution in [2.75, 3.05) is 25.0 Å². The van der Waals surface area contributed by atoms with Crippen molar-refractivity contribution >= 4 is 17.5 Å². The minimum Gasteiger partial charge on any atom is -0.478 e. The fraction of sp³-hybridized carbons (Fsp3) is 0.556. The predicted molar refractivity (Wildman–Crippen MR) is 92.0 cm³/mol. The van der Waals surface area contributed by atoms with Crippen molar-refractivity contribution < 1.29 is 14.3 Å². The van der Waals surface area contributed by atoms with Crippen LogP contribution in [-0.2, 0) is 9.59 Å². The highest BCUT2D eigenvalue weighted by Gasteiger charge is 2.30. The number of nitrogens with zero attached hydrogens (tertiary/aromatic N) is 1. The van der Waals surface area contributed by atoms with Gasteiger partial charge in [-0.05, 0) is 37.9 Å². The molecule has 1 aromatic carbocycles. The number of hydrogen-bond acceptors (Lipinski definition) is 4. The second kappa shape index (κ2) is 7.66. The standard InChI is InChI=1S/C18H25N3O3/c1-2-9-21-10-7-13(8-11-21)19-17(22)12-16-18(23)20-14-5-3-4-6-15(14)24-16/h3-6,13,16H,2,7-12H2,1H3,(H,19,22)(H,20,23)/t16-/m1/s1. The number of likely N-dealkylation sites (tertiary alicyclic amines) is 1. The number of anilines is 1. The Hall–Kier alpha value is -2.08. The summed E-state index contributed by atoms with van der Waals surface area (Å²) in [6.07, 6.45) is 2.38. The van der Waals surface area contributed by atoms with Gasteiger partial charge >= 0.3 is 0 Å². The number of carbonyl (C=O) groups excluding carboxylic acids is 2. The van der Waals surface area contributed by atoms with E-state index in [2.05, 4.69) is 22.5 Å². The highest BCUT2D eigenvalue weighted by Crippen LogP contribution is 2.29. The first-order chi connectivity index (χ1) is 11.7. The lowest BCUT2D eigenvalue weighted by Crippen LogP contribution is -2.47. The summed E-state index contributed by atoms with van der Waals surface area (Å²) in [6, 6.07) is 7.46. The van der Waals surface area contributed by atoms with E-state index in [1.165, 1.54) is 0 Å². The summed E-state index contributed by atoms with van der Waals surface area (Å²) in [5.74, 6) is 0.230. The smallest absolute Gasteiger partial charge is 0.266 e. The lowest BCUT2D eigenvalue weighted by atomic mass is 10.0. The molecule has 6 nitrogen and oxygen atoms in total. The summed E-state index contributed by atoms with van der Waals surface area (Å²) in [5, 5.41) is 5.84. The number of para-hydroxylation sites is 2. The molecule has 1 aromatic rings. The molecule has 2 amide bonds. The van der Waals surface area contributed by atoms with E-state index in [1.54, 1.807) is 12.1 Å². The Kier molecular flexibility index (Phi) is 5.35. The number of nitrogens with one attached hydrogen (secondary N) is 2. The molecule has 0 spiro atoms. The normalized spacial score (nSPS) is 21.5. The van der Waals surface area contributed by atoms with E-state index in [-0.39, 0.29) is 24.3 Å². The quantitative estimate of drug-likeness (QED) is 0.863. The van der Waals surface area contributed by atoms with Gasteiger partial charge in [-0.15, -0.1) is 0 Å². The number of piperidine rings is 1. The summed E-state index contributed by atoms with van der Waals surface area (Å²) in [6.45, 7) is 5.34. The highest BCUT2D eigenvalue weighted by molar-refractivity contribution is 5.99. The molecule has 2 heterocycles. The van der Waals surface area contributed by atoms with Gasteiger partial charge in [0.2, 0.25) is 5.91 Å². The second-order valence-corrected chi connectivity index (χ2v) is 6.48. The number of amides is 2. The number of hydrogen-bond donors (Lipinski definition) is 2. The number of ether oxygens (including phenoxy) is 1. The van der Waals surface area contributed by atoms with Crippen LogP contribution in [0.2, 0.25) is 0 Å². The molecule has 24 heavy (non-hydrogen) atoms. The molecule has 130 valence electrons. The van der Waals surface area contributed by atoms with Crippen LogP contribution in [0.5, 0.6) is 5.75 Å². The van der Waals surface area contributed by atoms with Gasteiger partial charge in [0.15, 0.2) is 6.10 Å². The van der Waals surface area contributed by atoms with E-state index in [4.69, 9.17) is 4.74 Å². The van der Waals surface area contributed by atoms with E-state index in [9.17, 15) is 9.59 Å². The maximum atomic E-state index is 12.3. The summed E-state index contributed by atoms with van der Waals surface area (Å²) in [7, 11) is 0. The summed E-state index contributed by atoms with van der Waals surface area (Å²) < 4.78 is 5.67. The van der Waals surface area contributed by atoms with Crippen molar-refractivity contribution in [3.05, 3.63) is 24.3 Å². The lowest BCUT2D eigenvalue weighted by Gasteiger charge is -2.32. The first-order valence-electron chi connectivity index (χ1n) is 8.74. The number of benzene rings is 1. The highest BCUT2D eigenvalue weighted by atomic mass is 16.5. The van der Waals surface area contributed by atoms with E-state index in [1.807, 2.05) is 12.1 Å². The molecule has 0 aliphatic carbocycles. The van der Waals surface area contributed by atoms with Crippen molar-refractivity contribution in [2.45, 2.75) is 44.8 Å². The van der Waals surface area contributed by atoms with Crippen LogP contribution in [0.4, 0.5) is 5.69 Å². The Bertz CT molecular complexity index is 597. The zero-order chi connectivity index (χ0) is 16.9. The van der Waals surface area contributed by atoms with E-state index in [0.29, 0.717) is 11.4 Å². The molecule has 1 fully saturated rings. The van der Waals surface area contributed by atoms with Crippen LogP contribution < -0.4 is 15.4 Å². The number of carbonyl (C=O) groups is 2. The lowest BCUT2D eigenvalue weighted by molar-refractivity contribution is -0.131. The van der Waals surface area contributed by atoms with Gasteiger partial charge in [-0.3, -0.25) is 9.59 Å². The van der Waals surface area contributed by atoms with Gasteiger partial charge in [0.25, 0.3) is 5.91 Å². The van der Waals surface area contributed by atoms with Gasteiger partial charge in [0, 0.05) is 19.1 Å². The Labute approximate surface area is 142 Å². The molecule has 0 bridgehead atoms. The molecule has 3 rings (SSSR count). The molecule has 0 saturated carbocycles. The van der Waals surface area contributed by atoms with Gasteiger partial charge in [0.1, 0.15) is 5.75 Å². The molecule has 0 aromatic heterocycles. The van der Waals surface area contributed by atoms with Crippen LogP contribution >= 0.6 is 0 Å². The first kappa shape index (κ1) is 16.8. The fourth-order valence-corrected chi connectivity index (χ4v) is 3.30. The van der Waals surface area contributed by atoms with Gasteiger partial charge in [0.05, 0.1) is 12.1 Å². The molecule has 2 N–H and O–H groups in total. The molecule has 6 heteroatoms. The second-order valence-electron chi connectivity index (χ2n) is 6.48. The molecular weight excluding hydrogens is 306 g/mol. The van der Waals surface area contributed by atoms with Crippen LogP contribution in [0.1, 0.15) is 32.6 Å². The van der Waals surface area contributed by atoms with Crippen LogP contribution in [0.3, 0.4) is 0 Å². The largest absolute Gasteiger partial charge is 0.478 e. The summed E-state index contributed by atoms with van der Waals surface area (Å²) in [4.78, 5) is 26.8. The number of fused-ring (bicyclic) bond motifs is 1. The van der Waals surface area contributed by atoms with Crippen LogP contribution in [0.25, 0.3) is 0 Å². The Morgan fingerprint density at radius 1 is 1.33 bits per heavy atom. The Balaban J connectivity index is 1.48. The zero-order valence-corrected chi connectivity index (χ0v) is 14.1. The molecule has 2 aliphatic heterocycles. The van der Waals surface area contributed by atoms with Crippen molar-refractivity contribution in [1.29, 1.82) is 0 Å². The van der Waals surface area contributed by atoms with Crippen molar-refractivity contribution in [1.82, 2.24) is 10.2 Å². The zero-order valence-electron chi connectivity index (χ0n) is 14.1. The minimum absolute atomic E-state index is 0.0509. The van der Waals surface area contributed by atoms with Crippen molar-refractivity contribution in [3.63, 3.8) is 0 Å². The monoisotopic (exact) mass is 331 g/mol. The fourth-order valence-electron chi connectivity index (χ4n) is 3.30. The van der Waals surface area contributed by atoms with Crippen LogP contribution in [-0.4, -0.2) is 48.5 Å². The average molecular weight is 331 g/mol. The maximum absolute atomic E-state index is 12.3. The van der Waals surface area contributed by atoms with Crippen molar-refractivity contribution in [2.24, 2.45) is 0 Å². The molecule has 0 radical (unpaired) electrons. The van der Waals surface area contributed by atoms with E-state index < -0.39 is 6.10 Å². The third-order valence-electron chi connectivity index (χ3n) is 4.57. The van der Waals surface area contributed by atoms with E-state index >= 15 is 0 Å². The minimum atomic E-state index is -0.764. The van der Waals surface area contributed by atoms with Gasteiger partial charge in [-0.1, -0.05) is 19.1 Å². The predicted octanol–water partition coefficient (Wildman–Crippen LogP) is 1.77. The molecule has 2 aliphatic rings. The van der Waals surface area contributed by atoms with Crippen LogP contribution in [0, 0.1) is 0 Å². The Morgan fingerprint density at radius 3 is 2.83 bits per heavy atom. The molecule has 1 saturated heterocycles. The van der Waals surface area contributed by atoms with Gasteiger partial charge in [-0.25, -0.2) is 0 Å². The summed E-state index contributed by atoms with van der Waals surface area (Å²) >= 11 is 0. The third kappa shape index (κ3) is 4.06. The van der Waals surface area contributed by atoms with Crippen molar-refractivity contribution in [3.8, 4) is 5.75 Å². The summed E-state index contributed by atoms with van der Waals surface area (Å²) in [5.41, 5.74) is 0.655. The van der Waals surface area contributed by atoms with Gasteiger partial charge in [-0.2, -0.15) is 0 Å². The first-order valence-corrected chi connectivity index (χ1v) is 8.74. The SMILES string of the molecule is CCCN1CCC(NC(=O)C[C@H]2Oc3ccccc3NC2=O)CC1. The molecule has 0 unspecified atom stereocenters.